The summed E-state index contributed by atoms with van der Waals surface area (Å²) in [5.74, 6) is 0.496. The van der Waals surface area contributed by atoms with Crippen LogP contribution in [0.25, 0.3) is 0 Å². The zero-order chi connectivity index (χ0) is 12.6. The minimum absolute atomic E-state index is 0.149. The lowest BCUT2D eigenvalue weighted by Crippen LogP contribution is -2.23. The monoisotopic (exact) mass is 232 g/mol. The average molecular weight is 232 g/mol. The van der Waals surface area contributed by atoms with Crippen molar-refractivity contribution in [3.8, 4) is 0 Å². The summed E-state index contributed by atoms with van der Waals surface area (Å²) in [4.78, 5) is 11.4. The molecule has 4 heteroatoms. The zero-order valence-electron chi connectivity index (χ0n) is 11.0. The molecule has 1 atom stereocenters. The highest BCUT2D eigenvalue weighted by Gasteiger charge is 2.15. The number of methoxy groups -OCH3 is 1. The molecule has 0 spiro atoms. The van der Waals surface area contributed by atoms with Crippen LogP contribution in [0.15, 0.2) is 0 Å². The third-order valence-corrected chi connectivity index (χ3v) is 1.79. The van der Waals surface area contributed by atoms with E-state index in [2.05, 4.69) is 0 Å². The Morgan fingerprint density at radius 3 is 2.06 bits per heavy atom. The molecule has 1 unspecified atom stereocenters. The van der Waals surface area contributed by atoms with Gasteiger partial charge in [-0.1, -0.05) is 27.7 Å². The van der Waals surface area contributed by atoms with Crippen molar-refractivity contribution in [2.45, 2.75) is 40.4 Å². The molecule has 0 heterocycles. The smallest absolute Gasteiger partial charge is 0.310 e. The van der Waals surface area contributed by atoms with Gasteiger partial charge in [0.2, 0.25) is 0 Å². The van der Waals surface area contributed by atoms with Gasteiger partial charge >= 0.3 is 5.97 Å². The molecule has 0 fully saturated rings. The fourth-order valence-electron chi connectivity index (χ4n) is 0.965. The molecule has 0 saturated heterocycles. The van der Waals surface area contributed by atoms with E-state index in [1.807, 2.05) is 27.7 Å². The highest BCUT2D eigenvalue weighted by molar-refractivity contribution is 5.69. The van der Waals surface area contributed by atoms with Gasteiger partial charge in [-0.05, 0) is 11.8 Å². The molecule has 0 aliphatic heterocycles. The van der Waals surface area contributed by atoms with Gasteiger partial charge in [-0.3, -0.25) is 4.79 Å². The van der Waals surface area contributed by atoms with E-state index in [0.717, 1.165) is 0 Å². The van der Waals surface area contributed by atoms with Crippen molar-refractivity contribution in [2.24, 2.45) is 11.8 Å². The van der Waals surface area contributed by atoms with Gasteiger partial charge in [-0.2, -0.15) is 0 Å². The van der Waals surface area contributed by atoms with Crippen LogP contribution >= 0.6 is 0 Å². The van der Waals surface area contributed by atoms with Crippen LogP contribution in [-0.2, 0) is 19.0 Å². The van der Waals surface area contributed by atoms with Crippen LogP contribution in [0.1, 0.15) is 34.1 Å². The lowest BCUT2D eigenvalue weighted by molar-refractivity contribution is -0.167. The lowest BCUT2D eigenvalue weighted by Gasteiger charge is -2.17. The second kappa shape index (κ2) is 8.53. The largest absolute Gasteiger partial charge is 0.465 e. The quantitative estimate of drug-likeness (QED) is 0.475. The Kier molecular flexibility index (Phi) is 8.21. The molecule has 0 aromatic rings. The van der Waals surface area contributed by atoms with Gasteiger partial charge in [0.05, 0.1) is 19.6 Å². The lowest BCUT2D eigenvalue weighted by atomic mass is 10.2. The number of carbonyl (C=O) groups excluding carboxylic acids is 1. The first-order valence-corrected chi connectivity index (χ1v) is 5.75. The Hall–Kier alpha value is -0.610. The summed E-state index contributed by atoms with van der Waals surface area (Å²) >= 11 is 0. The molecule has 0 bridgehead atoms. The van der Waals surface area contributed by atoms with Gasteiger partial charge in [0.25, 0.3) is 0 Å². The van der Waals surface area contributed by atoms with Gasteiger partial charge in [-0.15, -0.1) is 0 Å². The topological polar surface area (TPSA) is 44.8 Å². The van der Waals surface area contributed by atoms with Gasteiger partial charge in [0.15, 0.2) is 6.29 Å². The van der Waals surface area contributed by atoms with Gasteiger partial charge in [0, 0.05) is 7.11 Å². The Morgan fingerprint density at radius 1 is 1.06 bits per heavy atom. The van der Waals surface area contributed by atoms with Crippen molar-refractivity contribution in [1.82, 2.24) is 0 Å². The first-order chi connectivity index (χ1) is 7.45. The van der Waals surface area contributed by atoms with Crippen LogP contribution < -0.4 is 0 Å². The third kappa shape index (κ3) is 8.68. The maximum Gasteiger partial charge on any atom is 0.310 e. The standard InChI is InChI=1S/C12H24O4/c1-9(2)7-15-11(13)6-12(14-5)16-8-10(3)4/h9-10,12H,6-8H2,1-5H3. The molecule has 0 saturated carbocycles. The second-order valence-corrected chi connectivity index (χ2v) is 4.67. The first kappa shape index (κ1) is 15.4. The number of carbonyl (C=O) groups is 1. The molecule has 0 amide bonds. The minimum atomic E-state index is -0.498. The van der Waals surface area contributed by atoms with Crippen LogP contribution in [0.5, 0.6) is 0 Å². The van der Waals surface area contributed by atoms with Gasteiger partial charge in [0.1, 0.15) is 0 Å². The van der Waals surface area contributed by atoms with E-state index in [4.69, 9.17) is 14.2 Å². The normalized spacial score (nSPS) is 13.2. The Bertz CT molecular complexity index is 189. The van der Waals surface area contributed by atoms with E-state index in [-0.39, 0.29) is 12.4 Å². The third-order valence-electron chi connectivity index (χ3n) is 1.79. The maximum absolute atomic E-state index is 11.4. The predicted octanol–water partition coefficient (Wildman–Crippen LogP) is 2.22. The van der Waals surface area contributed by atoms with Crippen molar-refractivity contribution in [3.05, 3.63) is 0 Å². The molecule has 0 aliphatic rings. The molecule has 0 aromatic heterocycles. The molecule has 0 N–H and O–H groups in total. The number of ether oxygens (including phenoxy) is 3. The van der Waals surface area contributed by atoms with Crippen LogP contribution in [0, 0.1) is 11.8 Å². The molecular weight excluding hydrogens is 208 g/mol. The summed E-state index contributed by atoms with van der Waals surface area (Å²) < 4.78 is 15.5. The minimum Gasteiger partial charge on any atom is -0.465 e. The van der Waals surface area contributed by atoms with Crippen LogP contribution in [0.4, 0.5) is 0 Å². The SMILES string of the molecule is COC(CC(=O)OCC(C)C)OCC(C)C. The molecule has 4 nitrogen and oxygen atoms in total. The fraction of sp³-hybridized carbons (Fsp3) is 0.917. The van der Waals surface area contributed by atoms with Crippen LogP contribution in [0.3, 0.4) is 0 Å². The Labute approximate surface area is 98.3 Å². The van der Waals surface area contributed by atoms with Crippen LogP contribution in [-0.4, -0.2) is 32.6 Å². The van der Waals surface area contributed by atoms with Crippen LogP contribution in [0.2, 0.25) is 0 Å². The predicted molar refractivity (Wildman–Crippen MR) is 62.0 cm³/mol. The van der Waals surface area contributed by atoms with Crippen molar-refractivity contribution in [2.75, 3.05) is 20.3 Å². The first-order valence-electron chi connectivity index (χ1n) is 5.75. The summed E-state index contributed by atoms with van der Waals surface area (Å²) in [6.07, 6.45) is -0.349. The van der Waals surface area contributed by atoms with E-state index in [1.165, 1.54) is 7.11 Å². The molecule has 0 aliphatic carbocycles. The Balaban J connectivity index is 3.78. The number of hydrogen-bond donors (Lipinski definition) is 0. The molecule has 0 aromatic carbocycles. The van der Waals surface area contributed by atoms with Gasteiger partial charge in [-0.25, -0.2) is 0 Å². The number of hydrogen-bond acceptors (Lipinski definition) is 4. The van der Waals surface area contributed by atoms with Crippen molar-refractivity contribution >= 4 is 5.97 Å². The van der Waals surface area contributed by atoms with Crippen molar-refractivity contribution in [1.29, 1.82) is 0 Å². The molecule has 0 radical (unpaired) electrons. The van der Waals surface area contributed by atoms with E-state index in [9.17, 15) is 4.79 Å². The van der Waals surface area contributed by atoms with Gasteiger partial charge < -0.3 is 14.2 Å². The Morgan fingerprint density at radius 2 is 1.62 bits per heavy atom. The fourth-order valence-corrected chi connectivity index (χ4v) is 0.965. The highest BCUT2D eigenvalue weighted by Crippen LogP contribution is 2.05. The molecule has 96 valence electrons. The second-order valence-electron chi connectivity index (χ2n) is 4.67. The molecule has 16 heavy (non-hydrogen) atoms. The number of esters is 1. The van der Waals surface area contributed by atoms with E-state index >= 15 is 0 Å². The summed E-state index contributed by atoms with van der Waals surface area (Å²) in [6, 6.07) is 0. The molecular formula is C12H24O4. The zero-order valence-corrected chi connectivity index (χ0v) is 11.0. The summed E-state index contributed by atoms with van der Waals surface area (Å²) in [5, 5.41) is 0. The van der Waals surface area contributed by atoms with Crippen molar-refractivity contribution < 1.29 is 19.0 Å². The highest BCUT2D eigenvalue weighted by atomic mass is 16.7. The number of rotatable bonds is 8. The summed E-state index contributed by atoms with van der Waals surface area (Å²) in [7, 11) is 1.53. The summed E-state index contributed by atoms with van der Waals surface area (Å²) in [5.41, 5.74) is 0. The van der Waals surface area contributed by atoms with E-state index in [1.54, 1.807) is 0 Å². The van der Waals surface area contributed by atoms with E-state index < -0.39 is 6.29 Å². The summed E-state index contributed by atoms with van der Waals surface area (Å²) in [6.45, 7) is 9.11. The van der Waals surface area contributed by atoms with Crippen molar-refractivity contribution in [3.63, 3.8) is 0 Å². The maximum atomic E-state index is 11.4. The van der Waals surface area contributed by atoms with E-state index in [0.29, 0.717) is 25.0 Å². The average Bonchev–Trinajstić information content (AvgIpc) is 2.20. The molecule has 0 rings (SSSR count).